The van der Waals surface area contributed by atoms with Gasteiger partial charge in [0.15, 0.2) is 0 Å². The predicted molar refractivity (Wildman–Crippen MR) is 147 cm³/mol. The van der Waals surface area contributed by atoms with E-state index < -0.39 is 0 Å². The molecular weight excluding hydrogens is 446 g/mol. The molecule has 2 aliphatic heterocycles. The molecule has 0 spiro atoms. The summed E-state index contributed by atoms with van der Waals surface area (Å²) in [7, 11) is 2.44. The van der Waals surface area contributed by atoms with Gasteiger partial charge in [0, 0.05) is 49.8 Å². The van der Waals surface area contributed by atoms with Crippen molar-refractivity contribution in [3.8, 4) is 0 Å². The van der Waals surface area contributed by atoms with Gasteiger partial charge in [-0.25, -0.2) is 0 Å². The maximum absolute atomic E-state index is 13.7. The average molecular weight is 487 g/mol. The maximum Gasteiger partial charge on any atom is 0.251 e. The van der Waals surface area contributed by atoms with E-state index in [2.05, 4.69) is 25.2 Å². The molecule has 0 bridgehead atoms. The van der Waals surface area contributed by atoms with Crippen molar-refractivity contribution in [3.05, 3.63) is 65.7 Å². The lowest BCUT2D eigenvalue weighted by molar-refractivity contribution is -0.939. The van der Waals surface area contributed by atoms with Crippen molar-refractivity contribution < 1.29 is 14.1 Å². The number of quaternary nitrogens is 1. The highest BCUT2D eigenvalue weighted by molar-refractivity contribution is 6.05. The van der Waals surface area contributed by atoms with E-state index in [1.165, 1.54) is 37.7 Å². The summed E-state index contributed by atoms with van der Waals surface area (Å²) in [4.78, 5) is 29.8. The molecule has 2 heterocycles. The number of piperidine rings is 1. The minimum absolute atomic E-state index is 0.0185. The summed E-state index contributed by atoms with van der Waals surface area (Å²) in [5.74, 6) is 0.0795. The Balaban J connectivity index is 1.41. The van der Waals surface area contributed by atoms with Gasteiger partial charge >= 0.3 is 0 Å². The number of hydrogen-bond acceptors (Lipinski definition) is 2. The van der Waals surface area contributed by atoms with Crippen LogP contribution in [0.5, 0.6) is 0 Å². The molecule has 3 aliphatic rings. The summed E-state index contributed by atoms with van der Waals surface area (Å²) in [6, 6.07) is 17.2. The van der Waals surface area contributed by atoms with Gasteiger partial charge in [-0.05, 0) is 61.4 Å². The molecule has 1 saturated carbocycles. The Kier molecular flexibility index (Phi) is 7.29. The maximum atomic E-state index is 13.7. The molecule has 0 aromatic heterocycles. The molecular formula is C31H40N3O2+. The number of benzene rings is 2. The van der Waals surface area contributed by atoms with Gasteiger partial charge in [0.1, 0.15) is 0 Å². The number of amides is 2. The van der Waals surface area contributed by atoms with Crippen LogP contribution in [-0.4, -0.2) is 55.1 Å². The van der Waals surface area contributed by atoms with Crippen LogP contribution in [0, 0.1) is 0 Å². The smallest absolute Gasteiger partial charge is 0.251 e. The third kappa shape index (κ3) is 5.12. The van der Waals surface area contributed by atoms with Gasteiger partial charge in [0.25, 0.3) is 5.91 Å². The first kappa shape index (κ1) is 24.8. The van der Waals surface area contributed by atoms with Crippen molar-refractivity contribution in [2.75, 3.05) is 36.5 Å². The number of anilines is 2. The molecule has 5 nitrogen and oxygen atoms in total. The van der Waals surface area contributed by atoms with Crippen LogP contribution >= 0.6 is 0 Å². The molecule has 1 saturated heterocycles. The molecule has 0 unspecified atom stereocenters. The molecule has 36 heavy (non-hydrogen) atoms. The minimum atomic E-state index is 0.0185. The second-order valence-corrected chi connectivity index (χ2v) is 11.1. The molecule has 5 rings (SSSR count). The quantitative estimate of drug-likeness (QED) is 0.409. The number of carbonyl (C=O) groups excluding carboxylic acids is 2. The minimum Gasteiger partial charge on any atom is -0.323 e. The second-order valence-electron chi connectivity index (χ2n) is 11.1. The molecule has 2 aromatic rings. The second kappa shape index (κ2) is 10.6. The van der Waals surface area contributed by atoms with Crippen molar-refractivity contribution in [2.45, 2.75) is 70.4 Å². The predicted octanol–water partition coefficient (Wildman–Crippen LogP) is 5.58. The Morgan fingerprint density at radius 1 is 0.972 bits per heavy atom. The Bertz CT molecular complexity index is 1110. The Labute approximate surface area is 216 Å². The van der Waals surface area contributed by atoms with Crippen molar-refractivity contribution in [2.24, 2.45) is 0 Å². The highest BCUT2D eigenvalue weighted by Crippen LogP contribution is 2.36. The normalized spacial score (nSPS) is 24.6. The summed E-state index contributed by atoms with van der Waals surface area (Å²) in [6.45, 7) is 4.58. The van der Waals surface area contributed by atoms with E-state index in [-0.39, 0.29) is 17.9 Å². The fourth-order valence-corrected chi connectivity index (χ4v) is 6.65. The molecule has 2 fully saturated rings. The Morgan fingerprint density at radius 2 is 1.69 bits per heavy atom. The van der Waals surface area contributed by atoms with Gasteiger partial charge in [-0.1, -0.05) is 42.8 Å². The van der Waals surface area contributed by atoms with E-state index in [1.807, 2.05) is 46.2 Å². The summed E-state index contributed by atoms with van der Waals surface area (Å²) >= 11 is 0. The molecule has 190 valence electrons. The van der Waals surface area contributed by atoms with E-state index in [1.54, 1.807) is 13.0 Å². The molecule has 2 aromatic carbocycles. The van der Waals surface area contributed by atoms with Crippen LogP contribution in [0.15, 0.2) is 54.6 Å². The van der Waals surface area contributed by atoms with Crippen LogP contribution in [0.3, 0.4) is 0 Å². The zero-order valence-corrected chi connectivity index (χ0v) is 21.9. The first-order valence-electron chi connectivity index (χ1n) is 13.8. The lowest BCUT2D eigenvalue weighted by atomic mass is 9.89. The number of likely N-dealkylation sites (tertiary alicyclic amines) is 1. The summed E-state index contributed by atoms with van der Waals surface area (Å²) < 4.78 is 1.15. The van der Waals surface area contributed by atoms with E-state index in [0.717, 1.165) is 66.4 Å². The van der Waals surface area contributed by atoms with Crippen molar-refractivity contribution in [1.82, 2.24) is 0 Å². The van der Waals surface area contributed by atoms with Crippen LogP contribution in [0.1, 0.15) is 63.0 Å². The lowest BCUT2D eigenvalue weighted by Gasteiger charge is -2.49. The van der Waals surface area contributed by atoms with Gasteiger partial charge in [0.2, 0.25) is 5.91 Å². The number of hydrogen-bond donors (Lipinski definition) is 0. The van der Waals surface area contributed by atoms with Crippen LogP contribution in [0.25, 0.3) is 6.08 Å². The standard InChI is InChI=1S/C31H40N3O2/c1-24(35)32-20-17-26-14-15-28(23-30(26)32)33(31(36)16-13-25-9-5-3-6-10-25)27-18-21-34(2,22-19-27)29-11-7-4-8-12-29/h3,5-6,9-10,13-16,23,27,29H,4,7-8,11-12,17-22H2,1-2H3/q+1/t27-,34-. The zero-order chi connectivity index (χ0) is 25.1. The average Bonchev–Trinajstić information content (AvgIpc) is 3.34. The van der Waals surface area contributed by atoms with E-state index >= 15 is 0 Å². The summed E-state index contributed by atoms with van der Waals surface area (Å²) in [5.41, 5.74) is 4.07. The highest BCUT2D eigenvalue weighted by Gasteiger charge is 2.40. The first-order valence-corrected chi connectivity index (χ1v) is 13.8. The fraction of sp³-hybridized carbons (Fsp3) is 0.484. The van der Waals surface area contributed by atoms with Crippen molar-refractivity contribution in [3.63, 3.8) is 0 Å². The van der Waals surface area contributed by atoms with E-state index in [4.69, 9.17) is 0 Å². The molecule has 0 radical (unpaired) electrons. The van der Waals surface area contributed by atoms with E-state index in [0.29, 0.717) is 0 Å². The molecule has 0 N–H and O–H groups in total. The Morgan fingerprint density at radius 3 is 2.39 bits per heavy atom. The Hall–Kier alpha value is -2.92. The summed E-state index contributed by atoms with van der Waals surface area (Å²) in [5, 5.41) is 0. The topological polar surface area (TPSA) is 40.6 Å². The fourth-order valence-electron chi connectivity index (χ4n) is 6.65. The third-order valence-corrected chi connectivity index (χ3v) is 8.85. The third-order valence-electron chi connectivity index (χ3n) is 8.85. The van der Waals surface area contributed by atoms with Gasteiger partial charge < -0.3 is 14.3 Å². The zero-order valence-electron chi connectivity index (χ0n) is 21.9. The molecule has 0 atom stereocenters. The van der Waals surface area contributed by atoms with Crippen LogP contribution in [0.2, 0.25) is 0 Å². The van der Waals surface area contributed by atoms with Crippen LogP contribution < -0.4 is 9.80 Å². The van der Waals surface area contributed by atoms with Crippen LogP contribution in [-0.2, 0) is 16.0 Å². The molecule has 1 aliphatic carbocycles. The number of fused-ring (bicyclic) bond motifs is 1. The highest BCUT2D eigenvalue weighted by atomic mass is 16.2. The van der Waals surface area contributed by atoms with Crippen LogP contribution in [0.4, 0.5) is 11.4 Å². The SMILES string of the molecule is CC(=O)N1CCc2ccc(N(C(=O)C=Cc3ccccc3)[C@H]3CC[N@+](C)(C4CCCCC4)CC3)cc21. The largest absolute Gasteiger partial charge is 0.323 e. The van der Waals surface area contributed by atoms with Gasteiger partial charge in [-0.15, -0.1) is 0 Å². The van der Waals surface area contributed by atoms with Gasteiger partial charge in [-0.3, -0.25) is 9.59 Å². The van der Waals surface area contributed by atoms with Crippen molar-refractivity contribution >= 4 is 29.3 Å². The van der Waals surface area contributed by atoms with Crippen molar-refractivity contribution in [1.29, 1.82) is 0 Å². The van der Waals surface area contributed by atoms with E-state index in [9.17, 15) is 9.59 Å². The monoisotopic (exact) mass is 486 g/mol. The number of nitrogens with zero attached hydrogens (tertiary/aromatic N) is 3. The molecule has 2 amide bonds. The lowest BCUT2D eigenvalue weighted by Crippen LogP contribution is -2.60. The number of rotatable bonds is 5. The summed E-state index contributed by atoms with van der Waals surface area (Å²) in [6.07, 6.45) is 13.3. The van der Waals surface area contributed by atoms with Gasteiger partial charge in [0.05, 0.1) is 26.2 Å². The first-order chi connectivity index (χ1) is 17.4. The molecule has 5 heteroatoms. The van der Waals surface area contributed by atoms with Gasteiger partial charge in [-0.2, -0.15) is 0 Å². The number of carbonyl (C=O) groups is 2.